The van der Waals surface area contributed by atoms with Crippen molar-refractivity contribution in [1.29, 1.82) is 0 Å². The van der Waals surface area contributed by atoms with Gasteiger partial charge in [0, 0.05) is 18.0 Å². The molecule has 0 aliphatic carbocycles. The Bertz CT molecular complexity index is 467. The van der Waals surface area contributed by atoms with E-state index in [1.807, 2.05) is 31.2 Å². The molecule has 0 amide bonds. The number of fused-ring (bicyclic) bond motifs is 1. The monoisotopic (exact) mass is 217 g/mol. The summed E-state index contributed by atoms with van der Waals surface area (Å²) in [5.41, 5.74) is 1.84. The maximum Gasteiger partial charge on any atom is 0.0950 e. The van der Waals surface area contributed by atoms with E-state index in [0.717, 1.165) is 23.0 Å². The molecule has 2 rings (SSSR count). The molecule has 0 fully saturated rings. The van der Waals surface area contributed by atoms with Gasteiger partial charge in [-0.15, -0.1) is 0 Å². The van der Waals surface area contributed by atoms with Crippen LogP contribution in [0.25, 0.3) is 10.9 Å². The van der Waals surface area contributed by atoms with Crippen LogP contribution in [0.5, 0.6) is 0 Å². The Morgan fingerprint density at radius 3 is 3.00 bits per heavy atom. The van der Waals surface area contributed by atoms with Crippen molar-refractivity contribution in [2.24, 2.45) is 0 Å². The summed E-state index contributed by atoms with van der Waals surface area (Å²) >= 11 is 0. The van der Waals surface area contributed by atoms with Crippen LogP contribution in [0.2, 0.25) is 0 Å². The first-order chi connectivity index (χ1) is 7.81. The lowest BCUT2D eigenvalue weighted by Gasteiger charge is -2.14. The Morgan fingerprint density at radius 2 is 2.19 bits per heavy atom. The van der Waals surface area contributed by atoms with Gasteiger partial charge in [-0.1, -0.05) is 18.2 Å². The van der Waals surface area contributed by atoms with Crippen molar-refractivity contribution in [3.05, 3.63) is 30.5 Å². The number of nitrogens with zero attached hydrogens (tertiary/aromatic N) is 2. The van der Waals surface area contributed by atoms with Crippen LogP contribution in [0.1, 0.15) is 13.3 Å². The third-order valence-electron chi connectivity index (χ3n) is 2.51. The van der Waals surface area contributed by atoms with Gasteiger partial charge in [0.1, 0.15) is 0 Å². The van der Waals surface area contributed by atoms with E-state index in [-0.39, 0.29) is 12.6 Å². The third-order valence-corrected chi connectivity index (χ3v) is 2.51. The summed E-state index contributed by atoms with van der Waals surface area (Å²) in [5.74, 6) is 0. The number of benzene rings is 1. The van der Waals surface area contributed by atoms with E-state index < -0.39 is 0 Å². The fourth-order valence-corrected chi connectivity index (χ4v) is 1.65. The molecule has 1 atom stereocenters. The SMILES string of the molecule is CC(CCO)Nc1cnnc2ccccc12. The van der Waals surface area contributed by atoms with Crippen molar-refractivity contribution in [3.8, 4) is 0 Å². The van der Waals surface area contributed by atoms with E-state index in [4.69, 9.17) is 5.11 Å². The van der Waals surface area contributed by atoms with Gasteiger partial charge in [0.2, 0.25) is 0 Å². The van der Waals surface area contributed by atoms with Crippen LogP contribution in [0.4, 0.5) is 5.69 Å². The molecule has 1 heterocycles. The molecule has 0 aliphatic rings. The first kappa shape index (κ1) is 10.8. The first-order valence-corrected chi connectivity index (χ1v) is 5.39. The van der Waals surface area contributed by atoms with Gasteiger partial charge in [0.05, 0.1) is 17.4 Å². The molecule has 1 aromatic heterocycles. The molecule has 0 saturated heterocycles. The number of rotatable bonds is 4. The quantitative estimate of drug-likeness (QED) is 0.820. The van der Waals surface area contributed by atoms with Crippen molar-refractivity contribution in [1.82, 2.24) is 10.2 Å². The normalized spacial score (nSPS) is 12.6. The summed E-state index contributed by atoms with van der Waals surface area (Å²) in [4.78, 5) is 0. The van der Waals surface area contributed by atoms with Crippen molar-refractivity contribution < 1.29 is 5.11 Å². The average Bonchev–Trinajstić information content (AvgIpc) is 2.30. The number of anilines is 1. The molecular weight excluding hydrogens is 202 g/mol. The van der Waals surface area contributed by atoms with Crippen LogP contribution in [-0.4, -0.2) is 28.0 Å². The van der Waals surface area contributed by atoms with Gasteiger partial charge < -0.3 is 10.4 Å². The predicted molar refractivity (Wildman–Crippen MR) is 64.3 cm³/mol. The summed E-state index contributed by atoms with van der Waals surface area (Å²) < 4.78 is 0. The number of hydrogen-bond acceptors (Lipinski definition) is 4. The molecule has 16 heavy (non-hydrogen) atoms. The lowest BCUT2D eigenvalue weighted by Crippen LogP contribution is -2.17. The Balaban J connectivity index is 2.30. The van der Waals surface area contributed by atoms with Crippen LogP contribution in [0.15, 0.2) is 30.5 Å². The van der Waals surface area contributed by atoms with Crippen molar-refractivity contribution in [2.75, 3.05) is 11.9 Å². The van der Waals surface area contributed by atoms with Crippen LogP contribution < -0.4 is 5.32 Å². The topological polar surface area (TPSA) is 58.0 Å². The van der Waals surface area contributed by atoms with E-state index in [1.54, 1.807) is 6.20 Å². The van der Waals surface area contributed by atoms with E-state index in [0.29, 0.717) is 0 Å². The molecular formula is C12H15N3O. The molecule has 0 aliphatic heterocycles. The van der Waals surface area contributed by atoms with Crippen molar-refractivity contribution in [3.63, 3.8) is 0 Å². The number of aromatic nitrogens is 2. The zero-order chi connectivity index (χ0) is 11.4. The second kappa shape index (κ2) is 4.90. The van der Waals surface area contributed by atoms with E-state index in [2.05, 4.69) is 15.5 Å². The minimum absolute atomic E-state index is 0.185. The van der Waals surface area contributed by atoms with Crippen molar-refractivity contribution in [2.45, 2.75) is 19.4 Å². The number of nitrogens with one attached hydrogen (secondary N) is 1. The smallest absolute Gasteiger partial charge is 0.0950 e. The zero-order valence-electron chi connectivity index (χ0n) is 9.22. The van der Waals surface area contributed by atoms with E-state index >= 15 is 0 Å². The predicted octanol–water partition coefficient (Wildman–Crippen LogP) is 1.81. The van der Waals surface area contributed by atoms with Crippen LogP contribution in [0.3, 0.4) is 0 Å². The molecule has 4 nitrogen and oxygen atoms in total. The second-order valence-electron chi connectivity index (χ2n) is 3.83. The zero-order valence-corrected chi connectivity index (χ0v) is 9.22. The van der Waals surface area contributed by atoms with Gasteiger partial charge in [0.25, 0.3) is 0 Å². The highest BCUT2D eigenvalue weighted by Crippen LogP contribution is 2.20. The summed E-state index contributed by atoms with van der Waals surface area (Å²) in [5, 5.41) is 21.2. The Kier molecular flexibility index (Phi) is 3.31. The Hall–Kier alpha value is -1.68. The summed E-state index contributed by atoms with van der Waals surface area (Å²) in [6.07, 6.45) is 2.44. The van der Waals surface area contributed by atoms with E-state index in [1.165, 1.54) is 0 Å². The van der Waals surface area contributed by atoms with Gasteiger partial charge in [-0.2, -0.15) is 10.2 Å². The van der Waals surface area contributed by atoms with Crippen molar-refractivity contribution >= 4 is 16.6 Å². The second-order valence-corrected chi connectivity index (χ2v) is 3.83. The Labute approximate surface area is 94.3 Å². The maximum atomic E-state index is 8.86. The largest absolute Gasteiger partial charge is 0.396 e. The highest BCUT2D eigenvalue weighted by atomic mass is 16.3. The average molecular weight is 217 g/mol. The summed E-state index contributed by atoms with van der Waals surface area (Å²) in [6, 6.07) is 8.09. The van der Waals surface area contributed by atoms with Gasteiger partial charge in [-0.3, -0.25) is 0 Å². The lowest BCUT2D eigenvalue weighted by molar-refractivity contribution is 0.282. The minimum Gasteiger partial charge on any atom is -0.396 e. The molecule has 1 aromatic carbocycles. The van der Waals surface area contributed by atoms with Gasteiger partial charge in [-0.05, 0) is 19.4 Å². The van der Waals surface area contributed by atoms with E-state index in [9.17, 15) is 0 Å². The summed E-state index contributed by atoms with van der Waals surface area (Å²) in [7, 11) is 0. The van der Waals surface area contributed by atoms with Gasteiger partial charge in [-0.25, -0.2) is 0 Å². The first-order valence-electron chi connectivity index (χ1n) is 5.39. The van der Waals surface area contributed by atoms with Crippen LogP contribution in [0, 0.1) is 0 Å². The third kappa shape index (κ3) is 2.28. The molecule has 0 saturated carbocycles. The van der Waals surface area contributed by atoms with Gasteiger partial charge in [0.15, 0.2) is 0 Å². The molecule has 4 heteroatoms. The molecule has 2 aromatic rings. The molecule has 0 radical (unpaired) electrons. The molecule has 0 spiro atoms. The number of hydrogen-bond donors (Lipinski definition) is 2. The molecule has 2 N–H and O–H groups in total. The standard InChI is InChI=1S/C12H15N3O/c1-9(6-7-16)14-12-8-13-15-11-5-3-2-4-10(11)12/h2-5,8-9,16H,6-7H2,1H3,(H,14,15). The lowest BCUT2D eigenvalue weighted by atomic mass is 10.2. The molecule has 84 valence electrons. The Morgan fingerprint density at radius 1 is 1.38 bits per heavy atom. The number of aliphatic hydroxyl groups excluding tert-OH is 1. The van der Waals surface area contributed by atoms with Crippen LogP contribution >= 0.6 is 0 Å². The van der Waals surface area contributed by atoms with Gasteiger partial charge >= 0.3 is 0 Å². The number of aliphatic hydroxyl groups is 1. The fraction of sp³-hybridized carbons (Fsp3) is 0.333. The molecule has 0 bridgehead atoms. The minimum atomic E-state index is 0.185. The highest BCUT2D eigenvalue weighted by molar-refractivity contribution is 5.90. The van der Waals surface area contributed by atoms with Crippen LogP contribution in [-0.2, 0) is 0 Å². The summed E-state index contributed by atoms with van der Waals surface area (Å²) in [6.45, 7) is 2.22. The molecule has 1 unspecified atom stereocenters. The highest BCUT2D eigenvalue weighted by Gasteiger charge is 2.05. The fourth-order valence-electron chi connectivity index (χ4n) is 1.65. The maximum absolute atomic E-state index is 8.86.